The molecule has 2 aliphatic rings. The summed E-state index contributed by atoms with van der Waals surface area (Å²) in [4.78, 5) is 0. The average molecular weight is 583 g/mol. The molecule has 0 aliphatic heterocycles. The van der Waals surface area contributed by atoms with Gasteiger partial charge < -0.3 is 4.74 Å². The van der Waals surface area contributed by atoms with Crippen LogP contribution in [0, 0.1) is 17.7 Å². The molecule has 0 atom stereocenters. The lowest BCUT2D eigenvalue weighted by molar-refractivity contribution is -0.244. The van der Waals surface area contributed by atoms with Crippen LogP contribution in [-0.4, -0.2) is 6.11 Å². The summed E-state index contributed by atoms with van der Waals surface area (Å²) in [7, 11) is 0. The first-order valence-electron chi connectivity index (χ1n) is 16.9. The fourth-order valence-corrected chi connectivity index (χ4v) is 7.27. The van der Waals surface area contributed by atoms with E-state index in [0.717, 1.165) is 49.5 Å². The molecule has 4 heteroatoms. The molecule has 1 nitrogen and oxygen atoms in total. The monoisotopic (exact) mass is 582 g/mol. The van der Waals surface area contributed by atoms with Gasteiger partial charge in [-0.1, -0.05) is 87.9 Å². The second kappa shape index (κ2) is 16.7. The summed E-state index contributed by atoms with van der Waals surface area (Å²) in [6, 6.07) is 12.7. The molecule has 4 rings (SSSR count). The standard InChI is InChI=1S/C38H53F3O/c1-3-5-7-8-9-11-30-12-18-32(19-13-30)33-22-16-31(17-23-33)27-38(40,41)42-28-36-25-24-35(26-37(36)39)34-20-14-29(15-21-34)10-6-4-2/h4,16-17,22-26,29-30,32,34H,2-3,5-15,18-21,27-28H2,1H3. The van der Waals surface area contributed by atoms with Gasteiger partial charge in [0.05, 0.1) is 13.0 Å². The summed E-state index contributed by atoms with van der Waals surface area (Å²) in [5.74, 6) is 2.00. The van der Waals surface area contributed by atoms with Gasteiger partial charge in [0.15, 0.2) is 0 Å². The van der Waals surface area contributed by atoms with Crippen LogP contribution in [0.25, 0.3) is 0 Å². The molecule has 232 valence electrons. The van der Waals surface area contributed by atoms with Crippen molar-refractivity contribution in [1.29, 1.82) is 0 Å². The second-order valence-electron chi connectivity index (χ2n) is 13.2. The van der Waals surface area contributed by atoms with Gasteiger partial charge in [-0.3, -0.25) is 0 Å². The summed E-state index contributed by atoms with van der Waals surface area (Å²) >= 11 is 0. The van der Waals surface area contributed by atoms with E-state index in [1.165, 1.54) is 82.3 Å². The maximum atomic E-state index is 14.9. The molecule has 0 bridgehead atoms. The number of hydrogen-bond donors (Lipinski definition) is 0. The third-order valence-corrected chi connectivity index (χ3v) is 10.0. The minimum Gasteiger partial charge on any atom is -0.315 e. The topological polar surface area (TPSA) is 9.23 Å². The maximum Gasteiger partial charge on any atom is 0.360 e. The first-order chi connectivity index (χ1) is 20.4. The predicted octanol–water partition coefficient (Wildman–Crippen LogP) is 12.1. The number of ether oxygens (including phenoxy) is 1. The SMILES string of the molecule is C=CCCC1CCC(c2ccc(COC(F)(F)Cc3ccc(C4CCC(CCCCCCC)CC4)cc3)c(F)c2)CC1. The van der Waals surface area contributed by atoms with E-state index in [1.807, 2.05) is 36.4 Å². The van der Waals surface area contributed by atoms with Gasteiger partial charge >= 0.3 is 6.11 Å². The summed E-state index contributed by atoms with van der Waals surface area (Å²) in [6.07, 6.45) is 17.8. The molecule has 2 aromatic rings. The molecule has 2 fully saturated rings. The molecule has 0 unspecified atom stereocenters. The highest BCUT2D eigenvalue weighted by atomic mass is 19.3. The Balaban J connectivity index is 1.20. The van der Waals surface area contributed by atoms with Crippen molar-refractivity contribution in [2.45, 2.75) is 141 Å². The van der Waals surface area contributed by atoms with Gasteiger partial charge in [0.1, 0.15) is 5.82 Å². The smallest absolute Gasteiger partial charge is 0.315 e. The Morgan fingerprint density at radius 3 is 2.00 bits per heavy atom. The Bertz CT molecular complexity index is 1060. The molecule has 2 aliphatic carbocycles. The van der Waals surface area contributed by atoms with Gasteiger partial charge in [-0.05, 0) is 111 Å². The largest absolute Gasteiger partial charge is 0.360 e. The van der Waals surface area contributed by atoms with Crippen LogP contribution < -0.4 is 0 Å². The normalized spacial score (nSPS) is 23.1. The van der Waals surface area contributed by atoms with Crippen molar-refractivity contribution in [3.05, 3.63) is 83.2 Å². The molecule has 2 aromatic carbocycles. The molecular weight excluding hydrogens is 529 g/mol. The lowest BCUT2D eigenvalue weighted by atomic mass is 9.77. The van der Waals surface area contributed by atoms with Crippen LogP contribution in [0.4, 0.5) is 13.2 Å². The van der Waals surface area contributed by atoms with Crippen molar-refractivity contribution in [2.24, 2.45) is 11.8 Å². The Labute approximate surface area is 253 Å². The number of benzene rings is 2. The molecule has 0 saturated heterocycles. The molecule has 0 radical (unpaired) electrons. The molecule has 0 amide bonds. The van der Waals surface area contributed by atoms with Gasteiger partial charge in [-0.15, -0.1) is 6.58 Å². The molecule has 2 saturated carbocycles. The lowest BCUT2D eigenvalue weighted by Gasteiger charge is -2.29. The third kappa shape index (κ3) is 10.3. The van der Waals surface area contributed by atoms with E-state index in [-0.39, 0.29) is 5.56 Å². The first kappa shape index (κ1) is 32.8. The summed E-state index contributed by atoms with van der Waals surface area (Å²) < 4.78 is 49.3. The zero-order valence-electron chi connectivity index (χ0n) is 25.9. The van der Waals surface area contributed by atoms with Crippen LogP contribution >= 0.6 is 0 Å². The number of unbranched alkanes of at least 4 members (excludes halogenated alkanes) is 4. The molecular formula is C38H53F3O. The van der Waals surface area contributed by atoms with Crippen LogP contribution in [0.1, 0.15) is 144 Å². The number of hydrogen-bond acceptors (Lipinski definition) is 1. The second-order valence-corrected chi connectivity index (χ2v) is 13.2. The van der Waals surface area contributed by atoms with Crippen LogP contribution in [-0.2, 0) is 17.8 Å². The van der Waals surface area contributed by atoms with E-state index in [4.69, 9.17) is 4.74 Å². The van der Waals surface area contributed by atoms with Crippen molar-refractivity contribution >= 4 is 0 Å². The fraction of sp³-hybridized carbons (Fsp3) is 0.632. The number of rotatable bonds is 16. The maximum absolute atomic E-state index is 14.9. The number of alkyl halides is 2. The molecule has 0 N–H and O–H groups in total. The highest BCUT2D eigenvalue weighted by Crippen LogP contribution is 2.39. The fourth-order valence-electron chi connectivity index (χ4n) is 7.27. The Hall–Kier alpha value is -2.07. The van der Waals surface area contributed by atoms with Crippen molar-refractivity contribution in [2.75, 3.05) is 0 Å². The molecule has 0 spiro atoms. The highest BCUT2D eigenvalue weighted by molar-refractivity contribution is 5.28. The Morgan fingerprint density at radius 1 is 0.786 bits per heavy atom. The minimum absolute atomic E-state index is 0.185. The van der Waals surface area contributed by atoms with Crippen LogP contribution in [0.5, 0.6) is 0 Å². The van der Waals surface area contributed by atoms with Crippen molar-refractivity contribution in [3.63, 3.8) is 0 Å². The van der Waals surface area contributed by atoms with Crippen LogP contribution in [0.15, 0.2) is 55.1 Å². The minimum atomic E-state index is -3.36. The predicted molar refractivity (Wildman–Crippen MR) is 168 cm³/mol. The number of allylic oxidation sites excluding steroid dienone is 1. The van der Waals surface area contributed by atoms with E-state index < -0.39 is 25.0 Å². The van der Waals surface area contributed by atoms with Crippen LogP contribution in [0.3, 0.4) is 0 Å². The first-order valence-corrected chi connectivity index (χ1v) is 16.9. The Kier molecular flexibility index (Phi) is 13.0. The van der Waals surface area contributed by atoms with Gasteiger partial charge in [-0.2, -0.15) is 8.78 Å². The van der Waals surface area contributed by atoms with Crippen molar-refractivity contribution in [3.8, 4) is 0 Å². The lowest BCUT2D eigenvalue weighted by Crippen LogP contribution is -2.24. The van der Waals surface area contributed by atoms with Gasteiger partial charge in [0.25, 0.3) is 0 Å². The molecule has 42 heavy (non-hydrogen) atoms. The van der Waals surface area contributed by atoms with Crippen molar-refractivity contribution in [1.82, 2.24) is 0 Å². The third-order valence-electron chi connectivity index (χ3n) is 10.0. The molecule has 0 heterocycles. The van der Waals surface area contributed by atoms with Gasteiger partial charge in [0, 0.05) is 5.56 Å². The summed E-state index contributed by atoms with van der Waals surface area (Å²) in [5, 5.41) is 0. The van der Waals surface area contributed by atoms with E-state index in [2.05, 4.69) is 13.5 Å². The molecule has 0 aromatic heterocycles. The van der Waals surface area contributed by atoms with E-state index in [9.17, 15) is 13.2 Å². The Morgan fingerprint density at radius 2 is 1.38 bits per heavy atom. The summed E-state index contributed by atoms with van der Waals surface area (Å²) in [6.45, 7) is 5.63. The highest BCUT2D eigenvalue weighted by Gasteiger charge is 2.31. The van der Waals surface area contributed by atoms with E-state index in [0.29, 0.717) is 17.4 Å². The summed E-state index contributed by atoms with van der Waals surface area (Å²) in [5.41, 5.74) is 2.96. The van der Waals surface area contributed by atoms with E-state index >= 15 is 0 Å². The average Bonchev–Trinajstić information content (AvgIpc) is 3.00. The number of halogens is 3. The van der Waals surface area contributed by atoms with Gasteiger partial charge in [0.2, 0.25) is 0 Å². The van der Waals surface area contributed by atoms with Crippen LogP contribution in [0.2, 0.25) is 0 Å². The van der Waals surface area contributed by atoms with Crippen molar-refractivity contribution < 1.29 is 17.9 Å². The van der Waals surface area contributed by atoms with E-state index in [1.54, 1.807) is 6.07 Å². The zero-order chi connectivity index (χ0) is 29.8. The quantitative estimate of drug-likeness (QED) is 0.141. The van der Waals surface area contributed by atoms with Gasteiger partial charge in [-0.25, -0.2) is 4.39 Å². The zero-order valence-corrected chi connectivity index (χ0v) is 25.9.